The van der Waals surface area contributed by atoms with Gasteiger partial charge in [-0.25, -0.2) is 19.2 Å². The van der Waals surface area contributed by atoms with Gasteiger partial charge in [0.2, 0.25) is 11.8 Å². The molecule has 2 aromatic carbocycles. The number of aromatic nitrogens is 2. The molecular formula is C19H16BrFN6O3. The summed E-state index contributed by atoms with van der Waals surface area (Å²) in [6.45, 7) is 0. The Bertz CT molecular complexity index is 1090. The molecule has 0 aliphatic rings. The first-order chi connectivity index (χ1) is 14.4. The number of nitrogens with one attached hydrogen (secondary N) is 3. The minimum atomic E-state index is -0.504. The topological polar surface area (TPSA) is 135 Å². The van der Waals surface area contributed by atoms with Crippen molar-refractivity contribution in [3.63, 3.8) is 0 Å². The number of rotatable bonds is 5. The van der Waals surface area contributed by atoms with Crippen molar-refractivity contribution in [2.24, 2.45) is 0 Å². The lowest BCUT2D eigenvalue weighted by molar-refractivity contribution is 0.262. The first-order valence-electron chi connectivity index (χ1n) is 8.41. The highest BCUT2D eigenvalue weighted by molar-refractivity contribution is 9.10. The summed E-state index contributed by atoms with van der Waals surface area (Å²) in [4.78, 5) is 20.0. The van der Waals surface area contributed by atoms with Gasteiger partial charge in [-0.3, -0.25) is 5.41 Å². The first kappa shape index (κ1) is 21.0. The molecule has 0 aliphatic carbocycles. The molecule has 0 unspecified atom stereocenters. The smallest absolute Gasteiger partial charge is 0.323 e. The number of carbonyl (C=O) groups excluding carboxylic acids is 1. The maximum Gasteiger partial charge on any atom is 0.323 e. The second-order valence-corrected chi connectivity index (χ2v) is 6.66. The number of methoxy groups -OCH3 is 1. The van der Waals surface area contributed by atoms with Crippen molar-refractivity contribution in [1.29, 1.82) is 5.41 Å². The van der Waals surface area contributed by atoms with Crippen LogP contribution in [0.4, 0.5) is 26.4 Å². The number of benzene rings is 2. The molecule has 5 N–H and O–H groups in total. The average Bonchev–Trinajstić information content (AvgIpc) is 2.71. The lowest BCUT2D eigenvalue weighted by atomic mass is 10.2. The lowest BCUT2D eigenvalue weighted by Gasteiger charge is -2.13. The van der Waals surface area contributed by atoms with Gasteiger partial charge in [-0.05, 0) is 58.4 Å². The molecule has 0 radical (unpaired) electrons. The maximum atomic E-state index is 12.9. The molecule has 0 saturated carbocycles. The molecule has 30 heavy (non-hydrogen) atoms. The van der Waals surface area contributed by atoms with E-state index < -0.39 is 11.8 Å². The van der Waals surface area contributed by atoms with Gasteiger partial charge in [-0.15, -0.1) is 0 Å². The van der Waals surface area contributed by atoms with E-state index in [4.69, 9.17) is 20.6 Å². The zero-order valence-electron chi connectivity index (χ0n) is 15.6. The van der Waals surface area contributed by atoms with Gasteiger partial charge >= 0.3 is 6.03 Å². The fraction of sp³-hybridized carbons (Fsp3) is 0.0526. The number of nitrogen functional groups attached to an aromatic ring is 1. The van der Waals surface area contributed by atoms with E-state index in [2.05, 4.69) is 36.5 Å². The lowest BCUT2D eigenvalue weighted by Crippen LogP contribution is -2.19. The second-order valence-electron chi connectivity index (χ2n) is 5.80. The third-order valence-electron chi connectivity index (χ3n) is 3.78. The number of carbonyl (C=O) groups is 1. The summed E-state index contributed by atoms with van der Waals surface area (Å²) >= 11 is 3.36. The van der Waals surface area contributed by atoms with Crippen LogP contribution in [0.5, 0.6) is 11.6 Å². The number of urea groups is 1. The Hall–Kier alpha value is -3.73. The molecule has 3 aromatic rings. The Kier molecular flexibility index (Phi) is 6.42. The third-order valence-corrected chi connectivity index (χ3v) is 4.43. The predicted octanol–water partition coefficient (Wildman–Crippen LogP) is 4.37. The molecule has 1 heterocycles. The standard InChI is InChI=1S/C19H16BrFN6O3/c1-29-17(23)15-16(22)24-9-25-18(15)30-12-6-7-14(13(20)8-12)27-19(28)26-11-4-2-10(21)3-5-11/h2-9,23H,1H3,(H2,22,24,25)(H2,26,27,28). The molecule has 0 atom stereocenters. The van der Waals surface area contributed by atoms with Gasteiger partial charge in [-0.2, -0.15) is 0 Å². The van der Waals surface area contributed by atoms with Gasteiger partial charge < -0.3 is 25.8 Å². The van der Waals surface area contributed by atoms with Crippen molar-refractivity contribution in [3.05, 3.63) is 64.6 Å². The summed E-state index contributed by atoms with van der Waals surface area (Å²) in [5, 5.41) is 13.1. The zero-order valence-corrected chi connectivity index (χ0v) is 17.2. The van der Waals surface area contributed by atoms with Gasteiger partial charge in [0.25, 0.3) is 0 Å². The third kappa shape index (κ3) is 5.00. The normalized spacial score (nSPS) is 10.2. The molecule has 11 heteroatoms. The van der Waals surface area contributed by atoms with E-state index in [-0.39, 0.29) is 23.2 Å². The Morgan fingerprint density at radius 2 is 1.90 bits per heavy atom. The van der Waals surface area contributed by atoms with Crippen LogP contribution in [-0.4, -0.2) is 29.0 Å². The summed E-state index contributed by atoms with van der Waals surface area (Å²) in [7, 11) is 1.33. The summed E-state index contributed by atoms with van der Waals surface area (Å²) in [5.74, 6) is -0.168. The van der Waals surface area contributed by atoms with E-state index in [9.17, 15) is 9.18 Å². The SMILES string of the molecule is COC(=N)c1c(N)ncnc1Oc1ccc(NC(=O)Nc2ccc(F)cc2)c(Br)c1. The van der Waals surface area contributed by atoms with Crippen molar-refractivity contribution in [1.82, 2.24) is 9.97 Å². The Morgan fingerprint density at radius 3 is 2.57 bits per heavy atom. The molecule has 9 nitrogen and oxygen atoms in total. The van der Waals surface area contributed by atoms with E-state index in [1.165, 1.54) is 37.7 Å². The number of nitrogens with two attached hydrogens (primary N) is 1. The number of anilines is 3. The number of ether oxygens (including phenoxy) is 2. The summed E-state index contributed by atoms with van der Waals surface area (Å²) in [6, 6.07) is 9.69. The van der Waals surface area contributed by atoms with Gasteiger partial charge in [0.1, 0.15) is 29.3 Å². The van der Waals surface area contributed by atoms with E-state index in [1.54, 1.807) is 18.2 Å². The van der Waals surface area contributed by atoms with E-state index >= 15 is 0 Å². The van der Waals surface area contributed by atoms with Crippen molar-refractivity contribution >= 4 is 45.1 Å². The fourth-order valence-corrected chi connectivity index (χ4v) is 2.82. The molecule has 0 bridgehead atoms. The van der Waals surface area contributed by atoms with Crippen LogP contribution in [0.2, 0.25) is 0 Å². The molecule has 0 aliphatic heterocycles. The minimum absolute atomic E-state index is 0.0432. The van der Waals surface area contributed by atoms with Gasteiger partial charge in [-0.1, -0.05) is 0 Å². The Morgan fingerprint density at radius 1 is 1.17 bits per heavy atom. The Balaban J connectivity index is 1.73. The highest BCUT2D eigenvalue weighted by atomic mass is 79.9. The molecule has 2 amide bonds. The summed E-state index contributed by atoms with van der Waals surface area (Å²) in [5.41, 5.74) is 6.83. The van der Waals surface area contributed by atoms with Crippen molar-refractivity contribution in [3.8, 4) is 11.6 Å². The van der Waals surface area contributed by atoms with Crippen LogP contribution in [0.3, 0.4) is 0 Å². The average molecular weight is 475 g/mol. The van der Waals surface area contributed by atoms with Crippen LogP contribution in [0.1, 0.15) is 5.56 Å². The largest absolute Gasteiger partial charge is 0.481 e. The van der Waals surface area contributed by atoms with Crippen LogP contribution in [0.25, 0.3) is 0 Å². The maximum absolute atomic E-state index is 12.9. The van der Waals surface area contributed by atoms with Crippen molar-refractivity contribution in [2.45, 2.75) is 0 Å². The van der Waals surface area contributed by atoms with Crippen molar-refractivity contribution in [2.75, 3.05) is 23.5 Å². The highest BCUT2D eigenvalue weighted by Gasteiger charge is 2.18. The molecule has 0 fully saturated rings. The minimum Gasteiger partial charge on any atom is -0.481 e. The molecule has 0 saturated heterocycles. The molecule has 0 spiro atoms. The highest BCUT2D eigenvalue weighted by Crippen LogP contribution is 2.31. The zero-order chi connectivity index (χ0) is 21.7. The van der Waals surface area contributed by atoms with E-state index in [0.29, 0.717) is 21.6 Å². The second kappa shape index (κ2) is 9.18. The number of amides is 2. The number of hydrogen-bond donors (Lipinski definition) is 4. The van der Waals surface area contributed by atoms with Crippen LogP contribution >= 0.6 is 15.9 Å². The quantitative estimate of drug-likeness (QED) is 0.320. The van der Waals surface area contributed by atoms with Crippen LogP contribution in [0, 0.1) is 11.2 Å². The number of halogens is 2. The number of hydrogen-bond acceptors (Lipinski definition) is 7. The molecule has 1 aromatic heterocycles. The van der Waals surface area contributed by atoms with Crippen LogP contribution in [0.15, 0.2) is 53.3 Å². The number of nitrogens with zero attached hydrogens (tertiary/aromatic N) is 2. The summed E-state index contributed by atoms with van der Waals surface area (Å²) in [6.07, 6.45) is 1.21. The molecule has 3 rings (SSSR count). The van der Waals surface area contributed by atoms with Crippen molar-refractivity contribution < 1.29 is 18.7 Å². The van der Waals surface area contributed by atoms with E-state index in [0.717, 1.165) is 0 Å². The predicted molar refractivity (Wildman–Crippen MR) is 114 cm³/mol. The van der Waals surface area contributed by atoms with Gasteiger partial charge in [0, 0.05) is 10.2 Å². The van der Waals surface area contributed by atoms with E-state index in [1.807, 2.05) is 0 Å². The first-order valence-corrected chi connectivity index (χ1v) is 9.21. The monoisotopic (exact) mass is 474 g/mol. The fourth-order valence-electron chi connectivity index (χ4n) is 2.37. The Labute approximate surface area is 179 Å². The summed E-state index contributed by atoms with van der Waals surface area (Å²) < 4.78 is 24.1. The molecule has 154 valence electrons. The van der Waals surface area contributed by atoms with Gasteiger partial charge in [0.15, 0.2) is 0 Å². The molecular weight excluding hydrogens is 459 g/mol. The van der Waals surface area contributed by atoms with Crippen LogP contribution < -0.4 is 21.1 Å². The van der Waals surface area contributed by atoms with Gasteiger partial charge in [0.05, 0.1) is 12.8 Å². The van der Waals surface area contributed by atoms with Crippen LogP contribution in [-0.2, 0) is 4.74 Å².